The Hall–Kier alpha value is -3.39. The first kappa shape index (κ1) is 30.1. The first-order valence-electron chi connectivity index (χ1n) is 14.8. The summed E-state index contributed by atoms with van der Waals surface area (Å²) in [5, 5.41) is 10.7. The van der Waals surface area contributed by atoms with Crippen LogP contribution in [0.5, 0.6) is 0 Å². The van der Waals surface area contributed by atoms with Crippen molar-refractivity contribution in [1.82, 2.24) is 4.90 Å². The van der Waals surface area contributed by atoms with Gasteiger partial charge in [0.1, 0.15) is 18.0 Å². The van der Waals surface area contributed by atoms with Crippen LogP contribution in [0.1, 0.15) is 28.7 Å². The highest BCUT2D eigenvalue weighted by Gasteiger charge is 2.45. The first-order chi connectivity index (χ1) is 20.7. The van der Waals surface area contributed by atoms with Crippen LogP contribution in [-0.2, 0) is 40.5 Å². The number of ether oxygens (including phenoxy) is 3. The predicted octanol–water partition coefficient (Wildman–Crippen LogP) is 6.19. The molecule has 0 spiro atoms. The van der Waals surface area contributed by atoms with E-state index in [0.717, 1.165) is 41.6 Å². The summed E-state index contributed by atoms with van der Waals surface area (Å²) in [5.74, 6) is -0.228. The minimum absolute atomic E-state index is 0.0629. The van der Waals surface area contributed by atoms with Gasteiger partial charge in [0.05, 0.1) is 38.6 Å². The third kappa shape index (κ3) is 8.57. The number of nitrogens with zero attached hydrogens (tertiary/aromatic N) is 1. The molecule has 4 atom stereocenters. The van der Waals surface area contributed by atoms with Crippen LogP contribution in [0, 0.1) is 5.82 Å². The van der Waals surface area contributed by atoms with Gasteiger partial charge in [-0.25, -0.2) is 4.39 Å². The molecule has 0 unspecified atom stereocenters. The molecule has 4 aromatic rings. The smallest absolute Gasteiger partial charge is 0.123 e. The minimum Gasteiger partial charge on any atom is -0.395 e. The van der Waals surface area contributed by atoms with Crippen LogP contribution < -0.4 is 0 Å². The highest BCUT2D eigenvalue weighted by Crippen LogP contribution is 2.29. The van der Waals surface area contributed by atoms with Crippen LogP contribution in [0.4, 0.5) is 4.39 Å². The van der Waals surface area contributed by atoms with E-state index in [1.807, 2.05) is 91.0 Å². The summed E-state index contributed by atoms with van der Waals surface area (Å²) < 4.78 is 33.2. The molecule has 0 amide bonds. The Kier molecular flexibility index (Phi) is 11.3. The lowest BCUT2D eigenvalue weighted by molar-refractivity contribution is -0.207. The molecule has 0 radical (unpaired) electrons. The van der Waals surface area contributed by atoms with Crippen LogP contribution in [0.2, 0.25) is 0 Å². The van der Waals surface area contributed by atoms with Crippen LogP contribution in [0.25, 0.3) is 0 Å². The van der Waals surface area contributed by atoms with Gasteiger partial charge in [0.15, 0.2) is 0 Å². The Morgan fingerprint density at radius 3 is 1.64 bits per heavy atom. The third-order valence-corrected chi connectivity index (χ3v) is 7.84. The van der Waals surface area contributed by atoms with Gasteiger partial charge in [0, 0.05) is 6.54 Å². The van der Waals surface area contributed by atoms with E-state index in [4.69, 9.17) is 14.2 Å². The lowest BCUT2D eigenvalue weighted by Crippen LogP contribution is -2.64. The number of aliphatic hydroxyl groups is 1. The summed E-state index contributed by atoms with van der Waals surface area (Å²) >= 11 is 0. The zero-order valence-electron chi connectivity index (χ0n) is 23.9. The average molecular weight is 570 g/mol. The highest BCUT2D eigenvalue weighted by atomic mass is 19.1. The Balaban J connectivity index is 1.36. The largest absolute Gasteiger partial charge is 0.395 e. The molecule has 1 saturated heterocycles. The Morgan fingerprint density at radius 1 is 0.619 bits per heavy atom. The summed E-state index contributed by atoms with van der Waals surface area (Å²) in [7, 11) is 0. The lowest BCUT2D eigenvalue weighted by atomic mass is 9.92. The predicted molar refractivity (Wildman–Crippen MR) is 162 cm³/mol. The van der Waals surface area contributed by atoms with Crippen molar-refractivity contribution in [1.29, 1.82) is 0 Å². The van der Waals surface area contributed by atoms with Crippen molar-refractivity contribution in [2.24, 2.45) is 0 Å². The molecule has 1 heterocycles. The summed E-state index contributed by atoms with van der Waals surface area (Å²) in [6.07, 6.45) is 0.591. The number of benzene rings is 4. The fraction of sp³-hybridized carbons (Fsp3) is 0.333. The molecule has 6 heteroatoms. The highest BCUT2D eigenvalue weighted by molar-refractivity contribution is 5.17. The second kappa shape index (κ2) is 15.7. The molecule has 220 valence electrons. The maximum atomic E-state index is 13.4. The van der Waals surface area contributed by atoms with Gasteiger partial charge in [0.2, 0.25) is 0 Å². The van der Waals surface area contributed by atoms with Gasteiger partial charge in [-0.15, -0.1) is 0 Å². The number of rotatable bonds is 14. The van der Waals surface area contributed by atoms with Gasteiger partial charge in [-0.05, 0) is 53.8 Å². The molecule has 1 aliphatic rings. The van der Waals surface area contributed by atoms with Crippen LogP contribution in [0.3, 0.4) is 0 Å². The molecule has 0 aliphatic carbocycles. The van der Waals surface area contributed by atoms with Crippen molar-refractivity contribution < 1.29 is 23.7 Å². The van der Waals surface area contributed by atoms with E-state index in [2.05, 4.69) is 17.0 Å². The van der Waals surface area contributed by atoms with E-state index >= 15 is 0 Å². The van der Waals surface area contributed by atoms with Gasteiger partial charge in [0.25, 0.3) is 0 Å². The number of hydrogen-bond acceptors (Lipinski definition) is 5. The Labute approximate surface area is 248 Å². The maximum Gasteiger partial charge on any atom is 0.123 e. The van der Waals surface area contributed by atoms with E-state index in [1.165, 1.54) is 12.1 Å². The fourth-order valence-electron chi connectivity index (χ4n) is 5.59. The van der Waals surface area contributed by atoms with Gasteiger partial charge in [-0.3, -0.25) is 4.90 Å². The SMILES string of the molecule is OC[C@@H]1[C@@H](OCc2ccccc2)[C@H](OCc2ccccc2)[C@@H](OCc2ccccc2)CN1CCCc1ccc(F)cc1. The molecule has 42 heavy (non-hydrogen) atoms. The molecule has 0 aromatic heterocycles. The number of likely N-dealkylation sites (tertiary alicyclic amines) is 1. The topological polar surface area (TPSA) is 51.2 Å². The molecule has 0 bridgehead atoms. The van der Waals surface area contributed by atoms with Crippen LogP contribution in [-0.4, -0.2) is 54.1 Å². The van der Waals surface area contributed by atoms with Gasteiger partial charge >= 0.3 is 0 Å². The minimum atomic E-state index is -0.417. The van der Waals surface area contributed by atoms with Crippen LogP contribution >= 0.6 is 0 Å². The summed E-state index contributed by atoms with van der Waals surface area (Å²) in [4.78, 5) is 2.28. The number of aliphatic hydroxyl groups excluding tert-OH is 1. The molecule has 5 nitrogen and oxygen atoms in total. The Bertz CT molecular complexity index is 1310. The normalized spacial score (nSPS) is 20.9. The van der Waals surface area contributed by atoms with Crippen molar-refractivity contribution in [2.45, 2.75) is 57.0 Å². The molecule has 1 aliphatic heterocycles. The third-order valence-electron chi connectivity index (χ3n) is 7.84. The van der Waals surface area contributed by atoms with E-state index < -0.39 is 6.10 Å². The summed E-state index contributed by atoms with van der Waals surface area (Å²) in [6, 6.07) is 36.7. The van der Waals surface area contributed by atoms with Gasteiger partial charge in [-0.1, -0.05) is 103 Å². The van der Waals surface area contributed by atoms with Gasteiger partial charge in [-0.2, -0.15) is 0 Å². The molecule has 5 rings (SSSR count). The quantitative estimate of drug-likeness (QED) is 0.196. The van der Waals surface area contributed by atoms with Crippen molar-refractivity contribution in [3.63, 3.8) is 0 Å². The second-order valence-corrected chi connectivity index (χ2v) is 10.8. The molecular formula is C36H40FNO4. The molecule has 4 aromatic carbocycles. The molecule has 1 fully saturated rings. The van der Waals surface area contributed by atoms with Crippen molar-refractivity contribution in [2.75, 3.05) is 19.7 Å². The zero-order chi connectivity index (χ0) is 29.0. The Morgan fingerprint density at radius 2 is 1.12 bits per heavy atom. The number of piperidine rings is 1. The van der Waals surface area contributed by atoms with E-state index in [9.17, 15) is 9.50 Å². The van der Waals surface area contributed by atoms with Crippen molar-refractivity contribution in [3.05, 3.63) is 143 Å². The van der Waals surface area contributed by atoms with E-state index in [-0.39, 0.29) is 30.7 Å². The number of halogens is 1. The number of hydrogen-bond donors (Lipinski definition) is 1. The van der Waals surface area contributed by atoms with E-state index in [1.54, 1.807) is 0 Å². The lowest BCUT2D eigenvalue weighted by Gasteiger charge is -2.48. The van der Waals surface area contributed by atoms with Crippen molar-refractivity contribution in [3.8, 4) is 0 Å². The molecule has 1 N–H and O–H groups in total. The summed E-state index contributed by atoms with van der Waals surface area (Å²) in [6.45, 7) is 2.56. The average Bonchev–Trinajstić information content (AvgIpc) is 3.04. The number of aryl methyl sites for hydroxylation is 1. The van der Waals surface area contributed by atoms with Crippen molar-refractivity contribution >= 4 is 0 Å². The second-order valence-electron chi connectivity index (χ2n) is 10.8. The first-order valence-corrected chi connectivity index (χ1v) is 14.8. The van der Waals surface area contributed by atoms with Crippen LogP contribution in [0.15, 0.2) is 115 Å². The fourth-order valence-corrected chi connectivity index (χ4v) is 5.59. The molecular weight excluding hydrogens is 529 g/mol. The van der Waals surface area contributed by atoms with Gasteiger partial charge < -0.3 is 19.3 Å². The standard InChI is InChI=1S/C36H40FNO4/c37-32-20-18-28(19-21-32)17-10-22-38-23-34(40-25-29-11-4-1-5-12-29)36(42-27-31-15-8-3-9-16-31)35(33(38)24-39)41-26-30-13-6-2-7-14-30/h1-9,11-16,18-21,33-36,39H,10,17,22-27H2/t33-,34+,35-,36-/m1/s1. The maximum absolute atomic E-state index is 13.4. The monoisotopic (exact) mass is 569 g/mol. The molecule has 0 saturated carbocycles. The zero-order valence-corrected chi connectivity index (χ0v) is 23.9. The summed E-state index contributed by atoms with van der Waals surface area (Å²) in [5.41, 5.74) is 4.31. The van der Waals surface area contributed by atoms with E-state index in [0.29, 0.717) is 26.4 Å².